The Labute approximate surface area is 155 Å². The van der Waals surface area contributed by atoms with E-state index in [-0.39, 0.29) is 0 Å². The third kappa shape index (κ3) is 5.80. The summed E-state index contributed by atoms with van der Waals surface area (Å²) in [6.45, 7) is 2.30. The molecule has 0 aliphatic heterocycles. The Bertz CT molecular complexity index is 766. The summed E-state index contributed by atoms with van der Waals surface area (Å²) in [7, 11) is 1.33. The van der Waals surface area contributed by atoms with Crippen LogP contribution in [-0.4, -0.2) is 19.7 Å². The minimum Gasteiger partial charge on any atom is -0.501 e. The lowest BCUT2D eigenvalue weighted by molar-refractivity contribution is -0.135. The van der Waals surface area contributed by atoms with Gasteiger partial charge >= 0.3 is 5.97 Å². The van der Waals surface area contributed by atoms with Gasteiger partial charge < -0.3 is 14.2 Å². The first-order valence-electron chi connectivity index (χ1n) is 7.74. The highest BCUT2D eigenvalue weighted by Gasteiger charge is 2.14. The van der Waals surface area contributed by atoms with Crippen LogP contribution in [0.4, 0.5) is 0 Å². The summed E-state index contributed by atoms with van der Waals surface area (Å²) in [5.41, 5.74) is 1.17. The van der Waals surface area contributed by atoms with Crippen molar-refractivity contribution in [3.8, 4) is 11.5 Å². The molecule has 0 heterocycles. The maximum absolute atomic E-state index is 11.9. The van der Waals surface area contributed by atoms with Crippen LogP contribution in [0.1, 0.15) is 12.5 Å². The second-order valence-corrected chi connectivity index (χ2v) is 5.81. The highest BCUT2D eigenvalue weighted by Crippen LogP contribution is 2.26. The summed E-state index contributed by atoms with van der Waals surface area (Å²) in [4.78, 5) is 11.9. The number of ether oxygens (including phenoxy) is 3. The molecule has 0 atom stereocenters. The highest BCUT2D eigenvalue weighted by atomic mass is 79.9. The number of hydrogen-bond acceptors (Lipinski definition) is 4. The minimum absolute atomic E-state index is 0.304. The van der Waals surface area contributed by atoms with Gasteiger partial charge in [-0.05, 0) is 58.8 Å². The van der Waals surface area contributed by atoms with Gasteiger partial charge in [-0.3, -0.25) is 0 Å². The van der Waals surface area contributed by atoms with E-state index in [0.717, 1.165) is 11.3 Å². The zero-order valence-electron chi connectivity index (χ0n) is 14.1. The molecule has 2 rings (SSSR count). The van der Waals surface area contributed by atoms with E-state index < -0.39 is 5.97 Å². The van der Waals surface area contributed by atoms with Crippen molar-refractivity contribution >= 4 is 28.0 Å². The third-order valence-electron chi connectivity index (χ3n) is 3.16. The molecule has 0 amide bonds. The summed E-state index contributed by atoms with van der Waals surface area (Å²) in [6, 6.07) is 17.1. The van der Waals surface area contributed by atoms with Crippen LogP contribution in [0.25, 0.3) is 6.08 Å². The fraction of sp³-hybridized carbons (Fsp3) is 0.150. The summed E-state index contributed by atoms with van der Waals surface area (Å²) in [5, 5.41) is 0. The second kappa shape index (κ2) is 9.69. The Hall–Kier alpha value is -2.53. The third-order valence-corrected chi connectivity index (χ3v) is 3.82. The van der Waals surface area contributed by atoms with Crippen LogP contribution in [-0.2, 0) is 14.3 Å². The maximum Gasteiger partial charge on any atom is 0.342 e. The zero-order chi connectivity index (χ0) is 18.1. The van der Waals surface area contributed by atoms with Crippen LogP contribution in [0.15, 0.2) is 70.9 Å². The molecule has 0 aromatic heterocycles. The molecule has 0 spiro atoms. The predicted octanol–water partition coefficient (Wildman–Crippen LogP) is 5.31. The van der Waals surface area contributed by atoms with Gasteiger partial charge in [0.1, 0.15) is 17.1 Å². The Balaban J connectivity index is 2.23. The number of carbonyl (C=O) groups is 1. The van der Waals surface area contributed by atoms with Gasteiger partial charge in [0.15, 0.2) is 0 Å². The largest absolute Gasteiger partial charge is 0.501 e. The number of hydrogen-bond donors (Lipinski definition) is 0. The molecule has 0 radical (unpaired) electrons. The van der Waals surface area contributed by atoms with Crippen molar-refractivity contribution in [1.29, 1.82) is 0 Å². The smallest absolute Gasteiger partial charge is 0.342 e. The quantitative estimate of drug-likeness (QED) is 0.272. The molecule has 0 N–H and O–H groups in total. The van der Waals surface area contributed by atoms with Crippen molar-refractivity contribution in [3.63, 3.8) is 0 Å². The second-order valence-electron chi connectivity index (χ2n) is 4.96. The van der Waals surface area contributed by atoms with E-state index in [9.17, 15) is 4.79 Å². The van der Waals surface area contributed by atoms with Gasteiger partial charge in [-0.25, -0.2) is 4.79 Å². The van der Waals surface area contributed by atoms with Crippen LogP contribution in [0.5, 0.6) is 11.5 Å². The summed E-state index contributed by atoms with van der Waals surface area (Å²) < 4.78 is 16.4. The molecular weight excluding hydrogens is 384 g/mol. The molecule has 4 nitrogen and oxygen atoms in total. The van der Waals surface area contributed by atoms with Gasteiger partial charge in [0.25, 0.3) is 0 Å². The van der Waals surface area contributed by atoms with Gasteiger partial charge in [0.2, 0.25) is 0 Å². The van der Waals surface area contributed by atoms with Crippen LogP contribution >= 0.6 is 15.9 Å². The molecule has 0 aliphatic carbocycles. The molecule has 2 aromatic rings. The topological polar surface area (TPSA) is 44.8 Å². The van der Waals surface area contributed by atoms with Gasteiger partial charge in [-0.15, -0.1) is 0 Å². The van der Waals surface area contributed by atoms with E-state index in [1.807, 2.05) is 61.5 Å². The van der Waals surface area contributed by atoms with Gasteiger partial charge in [-0.1, -0.05) is 30.3 Å². The lowest BCUT2D eigenvalue weighted by atomic mass is 10.1. The van der Waals surface area contributed by atoms with Crippen LogP contribution < -0.4 is 4.74 Å². The van der Waals surface area contributed by atoms with Crippen molar-refractivity contribution in [2.75, 3.05) is 13.7 Å². The molecular formula is C20H19BrO4. The first-order chi connectivity index (χ1) is 12.1. The molecule has 0 aliphatic rings. The average molecular weight is 403 g/mol. The summed E-state index contributed by atoms with van der Waals surface area (Å²) in [6.07, 6.45) is 3.19. The number of benzene rings is 2. The van der Waals surface area contributed by atoms with Crippen molar-refractivity contribution in [3.05, 3.63) is 76.5 Å². The fourth-order valence-electron chi connectivity index (χ4n) is 2.00. The van der Waals surface area contributed by atoms with E-state index in [2.05, 4.69) is 15.9 Å². The number of esters is 1. The van der Waals surface area contributed by atoms with Crippen LogP contribution in [0, 0.1) is 0 Å². The molecule has 0 fully saturated rings. The Kier molecular flexibility index (Phi) is 7.29. The van der Waals surface area contributed by atoms with Crippen molar-refractivity contribution in [2.24, 2.45) is 0 Å². The van der Waals surface area contributed by atoms with Crippen molar-refractivity contribution < 1.29 is 19.0 Å². The SMILES string of the molecule is CCO/C=C(C(=O)OC)\C(Br)=C/c1cccc(Oc2ccccc2)c1. The molecule has 2 aromatic carbocycles. The van der Waals surface area contributed by atoms with E-state index in [0.29, 0.717) is 22.4 Å². The van der Waals surface area contributed by atoms with Crippen LogP contribution in [0.3, 0.4) is 0 Å². The standard InChI is InChI=1S/C20H19BrO4/c1-3-24-14-18(20(22)23-2)19(21)13-15-8-7-11-17(12-15)25-16-9-5-4-6-10-16/h4-14H,3H2,1-2H3/b18-14+,19-13+. The molecule has 0 unspecified atom stereocenters. The van der Waals surface area contributed by atoms with Crippen molar-refractivity contribution in [1.82, 2.24) is 0 Å². The Morgan fingerprint density at radius 2 is 1.80 bits per heavy atom. The van der Waals surface area contributed by atoms with E-state index in [1.165, 1.54) is 13.4 Å². The molecule has 5 heteroatoms. The van der Waals surface area contributed by atoms with E-state index in [4.69, 9.17) is 14.2 Å². The Morgan fingerprint density at radius 3 is 2.48 bits per heavy atom. The number of para-hydroxylation sites is 1. The zero-order valence-corrected chi connectivity index (χ0v) is 15.7. The fourth-order valence-corrected chi connectivity index (χ4v) is 2.51. The summed E-state index contributed by atoms with van der Waals surface area (Å²) in [5.74, 6) is 0.983. The number of methoxy groups -OCH3 is 1. The van der Waals surface area contributed by atoms with E-state index in [1.54, 1.807) is 6.08 Å². The molecule has 0 saturated carbocycles. The average Bonchev–Trinajstić information content (AvgIpc) is 2.63. The highest BCUT2D eigenvalue weighted by molar-refractivity contribution is 9.12. The predicted molar refractivity (Wildman–Crippen MR) is 102 cm³/mol. The minimum atomic E-state index is -0.478. The monoisotopic (exact) mass is 402 g/mol. The van der Waals surface area contributed by atoms with E-state index >= 15 is 0 Å². The van der Waals surface area contributed by atoms with Crippen LogP contribution in [0.2, 0.25) is 0 Å². The first kappa shape index (κ1) is 18.8. The maximum atomic E-state index is 11.9. The van der Waals surface area contributed by atoms with Gasteiger partial charge in [0.05, 0.1) is 20.0 Å². The van der Waals surface area contributed by atoms with Crippen molar-refractivity contribution in [2.45, 2.75) is 6.92 Å². The van der Waals surface area contributed by atoms with Gasteiger partial charge in [0, 0.05) is 4.48 Å². The number of halogens is 1. The number of carbonyl (C=O) groups excluding carboxylic acids is 1. The Morgan fingerprint density at radius 1 is 1.08 bits per heavy atom. The molecule has 0 bridgehead atoms. The summed E-state index contributed by atoms with van der Waals surface area (Å²) >= 11 is 3.42. The lowest BCUT2D eigenvalue weighted by Crippen LogP contribution is -2.05. The molecule has 130 valence electrons. The lowest BCUT2D eigenvalue weighted by Gasteiger charge is -2.07. The molecule has 25 heavy (non-hydrogen) atoms. The van der Waals surface area contributed by atoms with Gasteiger partial charge in [-0.2, -0.15) is 0 Å². The first-order valence-corrected chi connectivity index (χ1v) is 8.54. The molecule has 0 saturated heterocycles. The normalized spacial score (nSPS) is 11.8. The number of rotatable bonds is 7.